The van der Waals surface area contributed by atoms with E-state index in [-0.39, 0.29) is 98.4 Å². The second-order valence-electron chi connectivity index (χ2n) is 16.1. The van der Waals surface area contributed by atoms with Crippen LogP contribution in [-0.4, -0.2) is 187 Å². The molecule has 0 saturated carbocycles. The van der Waals surface area contributed by atoms with Gasteiger partial charge in [0, 0.05) is 38.0 Å². The summed E-state index contributed by atoms with van der Waals surface area (Å²) in [5, 5.41) is 114. The molecule has 3 aromatic rings. The summed E-state index contributed by atoms with van der Waals surface area (Å²) in [6, 6.07) is 16.6. The molecule has 83 heavy (non-hydrogen) atoms. The molecule has 0 aromatic heterocycles. The van der Waals surface area contributed by atoms with Crippen LogP contribution in [0.15, 0.2) is 66.7 Å². The van der Waals surface area contributed by atoms with Crippen molar-refractivity contribution >= 4 is 97.4 Å². The largest absolute Gasteiger partial charge is 0.481 e. The van der Waals surface area contributed by atoms with E-state index < -0.39 is 104 Å². The summed E-state index contributed by atoms with van der Waals surface area (Å²) in [7, 11) is -7.08. The van der Waals surface area contributed by atoms with E-state index in [0.717, 1.165) is 30.0 Å². The Morgan fingerprint density at radius 3 is 0.928 bits per heavy atom. The monoisotopic (exact) mass is 1230 g/mol. The Bertz CT molecular complexity index is 2710. The number of carboxylic acids is 12. The smallest absolute Gasteiger partial charge is 0.335 e. The van der Waals surface area contributed by atoms with Crippen LogP contribution in [0.25, 0.3) is 0 Å². The van der Waals surface area contributed by atoms with Crippen LogP contribution < -0.4 is 26.6 Å². The van der Waals surface area contributed by atoms with Crippen LogP contribution in [0.2, 0.25) is 0 Å². The maximum atomic E-state index is 10.6. The predicted molar refractivity (Wildman–Crippen MR) is 288 cm³/mol. The highest BCUT2D eigenvalue weighted by Crippen LogP contribution is 2.13. The van der Waals surface area contributed by atoms with E-state index in [1.165, 1.54) is 24.3 Å². The SMILES string of the molecule is NS(=O)(=O)CCC(=O)O.NS(=O)(=O)CCCC(=O)O.Nc1cc(C(=O)O)cc(C(=O)O)c1.O=C(O)CCCCc1ccc(C(=O)O)cc1.O=C(O)CCCc1ccc(C(=O)O)cc1.O=C(O)CCNCC(=O)O.O=C(O)CCNCC(=O)O. The Morgan fingerprint density at radius 1 is 0.349 bits per heavy atom. The molecule has 0 spiro atoms. The third kappa shape index (κ3) is 58.8. The van der Waals surface area contributed by atoms with Crippen LogP contribution in [0.1, 0.15) is 117 Å². The van der Waals surface area contributed by atoms with Crippen molar-refractivity contribution in [3.63, 3.8) is 0 Å². The molecule has 0 aliphatic rings. The summed E-state index contributed by atoms with van der Waals surface area (Å²) in [6.07, 6.45) is 3.19. The van der Waals surface area contributed by atoms with Crippen LogP contribution in [0.4, 0.5) is 5.69 Å². The van der Waals surface area contributed by atoms with Crippen LogP contribution >= 0.6 is 0 Å². The zero-order chi connectivity index (χ0) is 64.9. The minimum atomic E-state index is -3.60. The lowest BCUT2D eigenvalue weighted by Gasteiger charge is -2.01. The van der Waals surface area contributed by atoms with Gasteiger partial charge in [0.1, 0.15) is 0 Å². The third-order valence-electron chi connectivity index (χ3n) is 8.82. The molecule has 33 nitrogen and oxygen atoms in total. The Hall–Kier alpha value is -9.16. The van der Waals surface area contributed by atoms with E-state index >= 15 is 0 Å². The van der Waals surface area contributed by atoms with Gasteiger partial charge in [-0.05, 0) is 92.1 Å². The number of carbonyl (C=O) groups is 12. The number of unbranched alkanes of at least 4 members (excludes halogenated alkanes) is 1. The topological polar surface area (TPSA) is 618 Å². The zero-order valence-electron chi connectivity index (χ0n) is 44.0. The number of nitrogens with two attached hydrogens (primary N) is 3. The van der Waals surface area contributed by atoms with Crippen molar-refractivity contribution in [3.05, 3.63) is 100 Å². The molecule has 0 amide bonds. The molecule has 0 fully saturated rings. The van der Waals surface area contributed by atoms with Gasteiger partial charge in [-0.15, -0.1) is 0 Å². The van der Waals surface area contributed by atoms with E-state index in [9.17, 15) is 74.4 Å². The van der Waals surface area contributed by atoms with Crippen molar-refractivity contribution < 1.29 is 136 Å². The average Bonchev–Trinajstić information content (AvgIpc) is 3.35. The minimum absolute atomic E-state index is 0.0483. The molecule has 0 heterocycles. The molecule has 0 atom stereocenters. The first-order chi connectivity index (χ1) is 38.3. The fraction of sp³-hybridized carbons (Fsp3) is 0.375. The highest BCUT2D eigenvalue weighted by Gasteiger charge is 2.11. The van der Waals surface area contributed by atoms with Crippen molar-refractivity contribution in [2.24, 2.45) is 10.3 Å². The molecule has 0 unspecified atom stereocenters. The molecule has 35 heteroatoms. The van der Waals surface area contributed by atoms with Crippen molar-refractivity contribution in [2.45, 2.75) is 77.0 Å². The maximum absolute atomic E-state index is 10.6. The Labute approximate surface area is 473 Å². The fourth-order valence-electron chi connectivity index (χ4n) is 5.01. The van der Waals surface area contributed by atoms with Crippen LogP contribution in [0, 0.1) is 0 Å². The molecule has 0 saturated heterocycles. The summed E-state index contributed by atoms with van der Waals surface area (Å²) in [5.74, 6) is -12.6. The quantitative estimate of drug-likeness (QED) is 0.0324. The first-order valence-corrected chi connectivity index (χ1v) is 26.9. The van der Waals surface area contributed by atoms with Gasteiger partial charge in [0.15, 0.2) is 0 Å². The van der Waals surface area contributed by atoms with Crippen molar-refractivity contribution in [1.29, 1.82) is 0 Å². The number of anilines is 1. The lowest BCUT2D eigenvalue weighted by atomic mass is 10.1. The van der Waals surface area contributed by atoms with Crippen molar-refractivity contribution in [2.75, 3.05) is 43.4 Å². The van der Waals surface area contributed by atoms with Gasteiger partial charge in [-0.2, -0.15) is 0 Å². The van der Waals surface area contributed by atoms with E-state index in [1.54, 1.807) is 36.4 Å². The van der Waals surface area contributed by atoms with Gasteiger partial charge in [0.2, 0.25) is 20.0 Å². The number of benzene rings is 3. The number of hydrogen-bond acceptors (Lipinski definition) is 19. The second-order valence-corrected chi connectivity index (χ2v) is 19.6. The number of hydrogen-bond donors (Lipinski definition) is 17. The molecule has 0 radical (unpaired) electrons. The maximum Gasteiger partial charge on any atom is 0.335 e. The normalized spacial score (nSPS) is 10.0. The molecule has 0 aliphatic heterocycles. The molecule has 3 rings (SSSR count). The molecule has 464 valence electrons. The van der Waals surface area contributed by atoms with Gasteiger partial charge in [-0.25, -0.2) is 46.3 Å². The highest BCUT2D eigenvalue weighted by atomic mass is 32.2. The highest BCUT2D eigenvalue weighted by molar-refractivity contribution is 7.89. The van der Waals surface area contributed by atoms with Gasteiger partial charge in [-0.3, -0.25) is 38.4 Å². The summed E-state index contributed by atoms with van der Waals surface area (Å²) in [6.45, 7) is 0.0177. The zero-order valence-corrected chi connectivity index (χ0v) is 45.7. The van der Waals surface area contributed by atoms with E-state index in [1.807, 2.05) is 0 Å². The molecule has 20 N–H and O–H groups in total. The minimum Gasteiger partial charge on any atom is -0.481 e. The third-order valence-corrected chi connectivity index (χ3v) is 10.4. The number of aryl methyl sites for hydroxylation is 2. The predicted octanol–water partition coefficient (Wildman–Crippen LogP) is 0.799. The number of aromatic carboxylic acids is 4. The molecule has 0 bridgehead atoms. The number of sulfonamides is 2. The Balaban J connectivity index is -0.000000444. The first kappa shape index (κ1) is 80.3. The van der Waals surface area contributed by atoms with Crippen LogP contribution in [-0.2, 0) is 71.2 Å². The molecular formula is C48H67N5O28S2. The number of nitrogen functional groups attached to an aromatic ring is 1. The second kappa shape index (κ2) is 45.6. The standard InChI is InChI=1S/C12H14O4.C11H12O4.C8H7NO4.2C5H9NO4.C4H9NO4S.C3H7NO4S/c13-11(14)4-2-1-3-9-5-7-10(8-6-9)12(15)16;12-10(13)3-1-2-8-4-6-9(7-5-8)11(14)15;9-6-2-4(7(10)11)1-5(3-6)8(12)13;2*7-4(8)1-2-6-3-5(9)10;5-10(8,9)3-1-2-4(6)7;4-9(7,8)2-1-3(5)6/h5-8H,1-4H2,(H,13,14)(H,15,16);4-7H,1-3H2,(H,12,13)(H,14,15);1-3H,9H2,(H,10,11)(H,12,13);2*6H,1-3H2,(H,7,8)(H,9,10);1-3H2,(H,6,7)(H2,5,8,9);1-2H2,(H,5,6)(H2,4,7,8). The summed E-state index contributed by atoms with van der Waals surface area (Å²) in [5.41, 5.74) is 7.69. The number of rotatable bonds is 30. The van der Waals surface area contributed by atoms with Gasteiger partial charge >= 0.3 is 71.6 Å². The molecular weight excluding hydrogens is 1160 g/mol. The lowest BCUT2D eigenvalue weighted by Crippen LogP contribution is -2.24. The van der Waals surface area contributed by atoms with E-state index in [2.05, 4.69) is 20.9 Å². The molecule has 0 aliphatic carbocycles. The fourth-order valence-corrected chi connectivity index (χ4v) is 6.02. The Kier molecular flexibility index (Phi) is 44.1. The van der Waals surface area contributed by atoms with E-state index in [4.69, 9.17) is 67.0 Å². The molecule has 3 aromatic carbocycles. The average molecular weight is 1230 g/mol. The summed E-state index contributed by atoms with van der Waals surface area (Å²) >= 11 is 0. The van der Waals surface area contributed by atoms with Crippen LogP contribution in [0.3, 0.4) is 0 Å². The van der Waals surface area contributed by atoms with Gasteiger partial charge < -0.3 is 77.6 Å². The van der Waals surface area contributed by atoms with Gasteiger partial charge in [-0.1, -0.05) is 24.3 Å². The van der Waals surface area contributed by atoms with Gasteiger partial charge in [0.05, 0.1) is 66.1 Å². The van der Waals surface area contributed by atoms with Crippen LogP contribution in [0.5, 0.6) is 0 Å². The van der Waals surface area contributed by atoms with Crippen molar-refractivity contribution in [1.82, 2.24) is 10.6 Å². The lowest BCUT2D eigenvalue weighted by molar-refractivity contribution is -0.138. The number of primary sulfonamides is 2. The first-order valence-electron chi connectivity index (χ1n) is 23.5. The van der Waals surface area contributed by atoms with Gasteiger partial charge in [0.25, 0.3) is 0 Å². The Morgan fingerprint density at radius 2 is 0.651 bits per heavy atom. The number of aliphatic carboxylic acids is 8. The number of carboxylic acid groups (broad SMARTS) is 12. The summed E-state index contributed by atoms with van der Waals surface area (Å²) < 4.78 is 40.5. The van der Waals surface area contributed by atoms with Crippen molar-refractivity contribution in [3.8, 4) is 0 Å². The number of nitrogens with one attached hydrogen (secondary N) is 2. The summed E-state index contributed by atoms with van der Waals surface area (Å²) in [4.78, 5) is 122. The van der Waals surface area contributed by atoms with E-state index in [0.29, 0.717) is 19.3 Å².